The van der Waals surface area contributed by atoms with Gasteiger partial charge in [-0.2, -0.15) is 5.26 Å². The van der Waals surface area contributed by atoms with Crippen LogP contribution in [0.25, 0.3) is 0 Å². The first-order chi connectivity index (χ1) is 7.58. The van der Waals surface area contributed by atoms with E-state index >= 15 is 0 Å². The molecule has 0 aromatic carbocycles. The van der Waals surface area contributed by atoms with E-state index < -0.39 is 16.9 Å². The molecule has 7 heteroatoms. The van der Waals surface area contributed by atoms with Gasteiger partial charge in [0, 0.05) is 0 Å². The lowest BCUT2D eigenvalue weighted by molar-refractivity contribution is -0.137. The number of carbonyl (C=O) groups excluding carboxylic acids is 1. The molecule has 1 rings (SSSR count). The number of carbonyl (C=O) groups is 2. The molecule has 1 heterocycles. The minimum atomic E-state index is -0.975. The molecular formula is C9H11N3O3S. The van der Waals surface area contributed by atoms with Crippen molar-refractivity contribution in [3.63, 3.8) is 0 Å². The highest BCUT2D eigenvalue weighted by molar-refractivity contribution is 8.03. The van der Waals surface area contributed by atoms with E-state index in [-0.39, 0.29) is 13.0 Å². The summed E-state index contributed by atoms with van der Waals surface area (Å²) in [6, 6.07) is 1.24. The lowest BCUT2D eigenvalue weighted by atomic mass is 10.1. The number of nitriles is 1. The number of aliphatic carboxylic acids is 1. The summed E-state index contributed by atoms with van der Waals surface area (Å²) >= 11 is 1.26. The molecule has 0 radical (unpaired) electrons. The number of urea groups is 1. The second-order valence-corrected chi connectivity index (χ2v) is 4.51. The highest BCUT2D eigenvalue weighted by Gasteiger charge is 2.36. The smallest absolute Gasteiger partial charge is 0.316 e. The summed E-state index contributed by atoms with van der Waals surface area (Å²) in [4.78, 5) is 21.2. The van der Waals surface area contributed by atoms with Crippen molar-refractivity contribution < 1.29 is 14.7 Å². The second kappa shape index (κ2) is 5.42. The molecule has 0 aromatic heterocycles. The summed E-state index contributed by atoms with van der Waals surface area (Å²) in [7, 11) is 0. The number of hydrogen-bond donors (Lipinski definition) is 3. The molecule has 0 aliphatic carbocycles. The van der Waals surface area contributed by atoms with Gasteiger partial charge in [-0.15, -0.1) is 11.8 Å². The van der Waals surface area contributed by atoms with Crippen LogP contribution in [-0.2, 0) is 4.79 Å². The third kappa shape index (κ3) is 3.47. The molecule has 86 valence electrons. The van der Waals surface area contributed by atoms with E-state index in [0.29, 0.717) is 6.42 Å². The van der Waals surface area contributed by atoms with Crippen LogP contribution in [0.3, 0.4) is 0 Å². The van der Waals surface area contributed by atoms with E-state index in [9.17, 15) is 9.59 Å². The van der Waals surface area contributed by atoms with Gasteiger partial charge in [0.2, 0.25) is 0 Å². The standard InChI is InChI=1S/C9H11N3O3S/c10-3-4-11-8(15)12-9(6-7(13)14)2-1-5-16-9/h1,5H,2,4,6H2,(H,13,14)(H2,11,12,15). The van der Waals surface area contributed by atoms with Gasteiger partial charge in [0.25, 0.3) is 0 Å². The van der Waals surface area contributed by atoms with Crippen molar-refractivity contribution in [2.24, 2.45) is 0 Å². The minimum absolute atomic E-state index is 0.104. The Bertz CT molecular complexity index is 354. The number of thioether (sulfide) groups is 1. The minimum Gasteiger partial charge on any atom is -0.481 e. The zero-order valence-electron chi connectivity index (χ0n) is 8.40. The Labute approximate surface area is 96.7 Å². The van der Waals surface area contributed by atoms with Crippen molar-refractivity contribution >= 4 is 23.8 Å². The van der Waals surface area contributed by atoms with Crippen LogP contribution in [0.4, 0.5) is 4.79 Å². The molecular weight excluding hydrogens is 230 g/mol. The maximum absolute atomic E-state index is 11.3. The van der Waals surface area contributed by atoms with Crippen LogP contribution >= 0.6 is 11.8 Å². The highest BCUT2D eigenvalue weighted by atomic mass is 32.2. The van der Waals surface area contributed by atoms with Gasteiger partial charge in [0.15, 0.2) is 0 Å². The predicted molar refractivity (Wildman–Crippen MR) is 58.5 cm³/mol. The first-order valence-electron chi connectivity index (χ1n) is 4.55. The van der Waals surface area contributed by atoms with Gasteiger partial charge >= 0.3 is 12.0 Å². The third-order valence-corrected chi connectivity index (χ3v) is 3.14. The molecule has 2 amide bonds. The highest BCUT2D eigenvalue weighted by Crippen LogP contribution is 2.36. The fourth-order valence-electron chi connectivity index (χ4n) is 1.32. The first kappa shape index (κ1) is 12.4. The molecule has 3 N–H and O–H groups in total. The molecule has 0 saturated carbocycles. The Morgan fingerprint density at radius 1 is 1.62 bits per heavy atom. The number of rotatable bonds is 4. The van der Waals surface area contributed by atoms with Crippen molar-refractivity contribution in [2.45, 2.75) is 17.7 Å². The lowest BCUT2D eigenvalue weighted by Crippen LogP contribution is -2.50. The van der Waals surface area contributed by atoms with Crippen molar-refractivity contribution in [1.29, 1.82) is 5.26 Å². The van der Waals surface area contributed by atoms with Gasteiger partial charge in [-0.05, 0) is 11.8 Å². The predicted octanol–water partition coefficient (Wildman–Crippen LogP) is 0.631. The quantitative estimate of drug-likeness (QED) is 0.626. The Kier molecular flexibility index (Phi) is 4.19. The number of carboxylic acid groups (broad SMARTS) is 1. The zero-order valence-corrected chi connectivity index (χ0v) is 9.21. The zero-order chi connectivity index (χ0) is 12.0. The second-order valence-electron chi connectivity index (χ2n) is 3.22. The van der Waals surface area contributed by atoms with Gasteiger partial charge in [-0.25, -0.2) is 4.79 Å². The van der Waals surface area contributed by atoms with Crippen LogP contribution in [0.1, 0.15) is 12.8 Å². The molecule has 1 atom stereocenters. The molecule has 0 fully saturated rings. The molecule has 6 nitrogen and oxygen atoms in total. The SMILES string of the molecule is N#CCNC(=O)NC1(CC(=O)O)CC=CS1. The fraction of sp³-hybridized carbons (Fsp3) is 0.444. The number of nitrogens with zero attached hydrogens (tertiary/aromatic N) is 1. The van der Waals surface area contributed by atoms with Crippen molar-refractivity contribution in [3.8, 4) is 6.07 Å². The van der Waals surface area contributed by atoms with E-state index in [2.05, 4.69) is 10.6 Å². The van der Waals surface area contributed by atoms with Crippen LogP contribution < -0.4 is 10.6 Å². The van der Waals surface area contributed by atoms with E-state index in [4.69, 9.17) is 10.4 Å². The number of amides is 2. The van der Waals surface area contributed by atoms with Crippen LogP contribution in [0.15, 0.2) is 11.5 Å². The van der Waals surface area contributed by atoms with Crippen LogP contribution in [-0.4, -0.2) is 28.5 Å². The molecule has 0 bridgehead atoms. The average Bonchev–Trinajstić information content (AvgIpc) is 2.62. The lowest BCUT2D eigenvalue weighted by Gasteiger charge is -2.27. The van der Waals surface area contributed by atoms with E-state index in [0.717, 1.165) is 0 Å². The molecule has 0 saturated heterocycles. The van der Waals surface area contributed by atoms with Crippen molar-refractivity contribution in [3.05, 3.63) is 11.5 Å². The van der Waals surface area contributed by atoms with Crippen molar-refractivity contribution in [2.75, 3.05) is 6.54 Å². The molecule has 0 aromatic rings. The summed E-state index contributed by atoms with van der Waals surface area (Å²) in [5.74, 6) is -0.975. The fourth-order valence-corrected chi connectivity index (χ4v) is 2.32. The molecule has 16 heavy (non-hydrogen) atoms. The van der Waals surface area contributed by atoms with Gasteiger partial charge in [0.1, 0.15) is 11.4 Å². The molecule has 1 unspecified atom stereocenters. The number of hydrogen-bond acceptors (Lipinski definition) is 4. The Morgan fingerprint density at radius 3 is 2.88 bits per heavy atom. The maximum atomic E-state index is 11.3. The van der Waals surface area contributed by atoms with Crippen LogP contribution in [0, 0.1) is 11.3 Å². The van der Waals surface area contributed by atoms with E-state index in [1.165, 1.54) is 11.8 Å². The molecule has 1 aliphatic rings. The summed E-state index contributed by atoms with van der Waals surface area (Å²) in [5.41, 5.74) is 0. The summed E-state index contributed by atoms with van der Waals surface area (Å²) < 4.78 is 0. The Morgan fingerprint density at radius 2 is 2.38 bits per heavy atom. The number of carboxylic acids is 1. The van der Waals surface area contributed by atoms with Gasteiger partial charge in [-0.1, -0.05) is 6.08 Å². The summed E-state index contributed by atoms with van der Waals surface area (Å²) in [6.07, 6.45) is 2.10. The average molecular weight is 241 g/mol. The topological polar surface area (TPSA) is 102 Å². The monoisotopic (exact) mass is 241 g/mol. The summed E-state index contributed by atoms with van der Waals surface area (Å²) in [5, 5.41) is 23.7. The normalized spacial score (nSPS) is 22.4. The van der Waals surface area contributed by atoms with Gasteiger partial charge in [0.05, 0.1) is 12.5 Å². The third-order valence-electron chi connectivity index (χ3n) is 1.94. The first-order valence-corrected chi connectivity index (χ1v) is 5.43. The van der Waals surface area contributed by atoms with Crippen LogP contribution in [0.2, 0.25) is 0 Å². The maximum Gasteiger partial charge on any atom is 0.316 e. The van der Waals surface area contributed by atoms with Gasteiger partial charge in [-0.3, -0.25) is 4.79 Å². The van der Waals surface area contributed by atoms with E-state index in [1.807, 2.05) is 0 Å². The largest absolute Gasteiger partial charge is 0.481 e. The number of nitrogens with one attached hydrogen (secondary N) is 2. The van der Waals surface area contributed by atoms with Crippen molar-refractivity contribution in [1.82, 2.24) is 10.6 Å². The summed E-state index contributed by atoms with van der Waals surface area (Å²) in [6.45, 7) is -0.104. The Hall–Kier alpha value is -1.68. The van der Waals surface area contributed by atoms with Crippen LogP contribution in [0.5, 0.6) is 0 Å². The molecule has 1 aliphatic heterocycles. The Balaban J connectivity index is 2.55. The molecule has 0 spiro atoms. The van der Waals surface area contributed by atoms with E-state index in [1.54, 1.807) is 17.6 Å². The van der Waals surface area contributed by atoms with Gasteiger partial charge < -0.3 is 15.7 Å².